The SMILES string of the molecule is [NH3+]O[S+]([O])(=O)c1ccc2ccccc2c1. The van der Waals surface area contributed by atoms with Gasteiger partial charge >= 0.3 is 10.5 Å². The highest BCUT2D eigenvalue weighted by Crippen LogP contribution is 2.22. The molecule has 3 N–H and O–H groups in total. The average molecular weight is 224 g/mol. The van der Waals surface area contributed by atoms with Gasteiger partial charge in [0.25, 0.3) is 0 Å². The topological polar surface area (TPSA) is 73.8 Å². The molecular weight excluding hydrogens is 214 g/mol. The second-order valence-electron chi connectivity index (χ2n) is 3.08. The molecule has 0 aromatic heterocycles. The summed E-state index contributed by atoms with van der Waals surface area (Å²) in [5.74, 6) is 2.93. The van der Waals surface area contributed by atoms with Crippen LogP contribution < -0.4 is 5.90 Å². The zero-order chi connectivity index (χ0) is 10.9. The molecule has 0 aliphatic heterocycles. The zero-order valence-corrected chi connectivity index (χ0v) is 8.70. The fourth-order valence-corrected chi connectivity index (χ4v) is 2.03. The summed E-state index contributed by atoms with van der Waals surface area (Å²) in [5, 5.41) is 1.84. The Kier molecular flexibility index (Phi) is 2.54. The van der Waals surface area contributed by atoms with Crippen molar-refractivity contribution in [2.75, 3.05) is 0 Å². The molecule has 77 valence electrons. The van der Waals surface area contributed by atoms with Gasteiger partial charge in [0.1, 0.15) is 0 Å². The highest BCUT2D eigenvalue weighted by atomic mass is 32.3. The van der Waals surface area contributed by atoms with Gasteiger partial charge in [0.2, 0.25) is 4.90 Å². The third-order valence-corrected chi connectivity index (χ3v) is 3.31. The van der Waals surface area contributed by atoms with Gasteiger partial charge in [-0.1, -0.05) is 24.3 Å². The van der Waals surface area contributed by atoms with E-state index in [0.29, 0.717) is 0 Å². The summed E-state index contributed by atoms with van der Waals surface area (Å²) in [7, 11) is -3.70. The van der Waals surface area contributed by atoms with E-state index >= 15 is 0 Å². The summed E-state index contributed by atoms with van der Waals surface area (Å²) in [6.07, 6.45) is 0. The quantitative estimate of drug-likeness (QED) is 0.613. The van der Waals surface area contributed by atoms with Crippen LogP contribution in [0.2, 0.25) is 0 Å². The Morgan fingerprint density at radius 1 is 1.07 bits per heavy atom. The number of hydrogen-bond donors (Lipinski definition) is 1. The second kappa shape index (κ2) is 3.71. The first-order valence-corrected chi connectivity index (χ1v) is 5.72. The first kappa shape index (κ1) is 10.3. The van der Waals surface area contributed by atoms with Crippen LogP contribution in [0.4, 0.5) is 0 Å². The highest BCUT2D eigenvalue weighted by molar-refractivity contribution is 7.92. The van der Waals surface area contributed by atoms with Crippen molar-refractivity contribution in [3.05, 3.63) is 42.5 Å². The molecule has 2 rings (SSSR count). The minimum Gasteiger partial charge on any atom is -0.158 e. The van der Waals surface area contributed by atoms with Crippen LogP contribution in [0.25, 0.3) is 10.8 Å². The molecule has 0 bridgehead atoms. The maximum Gasteiger partial charge on any atom is 0.482 e. The monoisotopic (exact) mass is 224 g/mol. The van der Waals surface area contributed by atoms with Crippen molar-refractivity contribution in [2.45, 2.75) is 4.90 Å². The molecule has 2 aromatic rings. The molecule has 0 fully saturated rings. The molecule has 1 radical (unpaired) electrons. The smallest absolute Gasteiger partial charge is 0.158 e. The van der Waals surface area contributed by atoms with E-state index in [9.17, 15) is 8.76 Å². The Morgan fingerprint density at radius 3 is 2.40 bits per heavy atom. The fraction of sp³-hybridized carbons (Fsp3) is 0. The van der Waals surface area contributed by atoms with E-state index in [4.69, 9.17) is 0 Å². The van der Waals surface area contributed by atoms with Crippen molar-refractivity contribution in [2.24, 2.45) is 0 Å². The lowest BCUT2D eigenvalue weighted by molar-refractivity contribution is -0.637. The molecule has 0 aliphatic carbocycles. The van der Waals surface area contributed by atoms with Crippen molar-refractivity contribution >= 4 is 21.3 Å². The Labute approximate surface area is 88.1 Å². The molecule has 0 saturated carbocycles. The highest BCUT2D eigenvalue weighted by Gasteiger charge is 2.36. The van der Waals surface area contributed by atoms with Crippen LogP contribution in [0.5, 0.6) is 0 Å². The number of quaternary nitrogens is 1. The predicted molar refractivity (Wildman–Crippen MR) is 54.9 cm³/mol. The van der Waals surface area contributed by atoms with Crippen molar-refractivity contribution in [3.8, 4) is 0 Å². The lowest BCUT2D eigenvalue weighted by Gasteiger charge is -1.97. The maximum absolute atomic E-state index is 11.4. The fourth-order valence-electron chi connectivity index (χ4n) is 1.39. The van der Waals surface area contributed by atoms with Crippen LogP contribution in [-0.2, 0) is 23.5 Å². The van der Waals surface area contributed by atoms with Gasteiger partial charge in [0, 0.05) is 12.1 Å². The van der Waals surface area contributed by atoms with Crippen molar-refractivity contribution in [1.29, 1.82) is 0 Å². The molecule has 4 nitrogen and oxygen atoms in total. The summed E-state index contributed by atoms with van der Waals surface area (Å²) >= 11 is 0. The molecule has 1 atom stereocenters. The molecule has 0 aliphatic rings. The first-order valence-electron chi connectivity index (χ1n) is 4.31. The van der Waals surface area contributed by atoms with Crippen molar-refractivity contribution < 1.29 is 18.9 Å². The third kappa shape index (κ3) is 1.91. The van der Waals surface area contributed by atoms with Gasteiger partial charge < -0.3 is 0 Å². The lowest BCUT2D eigenvalue weighted by Crippen LogP contribution is -2.52. The Bertz CT molecular complexity index is 541. The summed E-state index contributed by atoms with van der Waals surface area (Å²) in [6, 6.07) is 12.3. The van der Waals surface area contributed by atoms with E-state index in [-0.39, 0.29) is 4.90 Å². The van der Waals surface area contributed by atoms with Crippen molar-refractivity contribution in [1.82, 2.24) is 0 Å². The van der Waals surface area contributed by atoms with Crippen LogP contribution >= 0.6 is 0 Å². The molecule has 2 aromatic carbocycles. The van der Waals surface area contributed by atoms with E-state index < -0.39 is 10.5 Å². The number of fused-ring (bicyclic) bond motifs is 1. The third-order valence-electron chi connectivity index (χ3n) is 2.16. The van der Waals surface area contributed by atoms with Gasteiger partial charge in [-0.25, -0.2) is 0 Å². The molecule has 0 amide bonds. The minimum atomic E-state index is -3.70. The second-order valence-corrected chi connectivity index (χ2v) is 4.70. The molecular formula is C10H10NO3S+2. The molecule has 0 spiro atoms. The molecule has 0 saturated heterocycles. The van der Waals surface area contributed by atoms with Crippen molar-refractivity contribution in [3.63, 3.8) is 0 Å². The van der Waals surface area contributed by atoms with E-state index in [1.807, 2.05) is 24.3 Å². The average Bonchev–Trinajstić information content (AvgIpc) is 2.28. The van der Waals surface area contributed by atoms with E-state index in [0.717, 1.165) is 10.8 Å². The van der Waals surface area contributed by atoms with Crippen LogP contribution in [0, 0.1) is 0 Å². The molecule has 0 heterocycles. The molecule has 1 unspecified atom stereocenters. The number of rotatable bonds is 2. The van der Waals surface area contributed by atoms with Crippen LogP contribution in [-0.4, -0.2) is 0 Å². The van der Waals surface area contributed by atoms with Gasteiger partial charge in [-0.2, -0.15) is 5.90 Å². The number of hydrogen-bond acceptors (Lipinski definition) is 2. The van der Waals surface area contributed by atoms with Gasteiger partial charge in [-0.3, -0.25) is 0 Å². The first-order chi connectivity index (χ1) is 7.13. The van der Waals surface area contributed by atoms with E-state index in [1.165, 1.54) is 6.07 Å². The Morgan fingerprint density at radius 2 is 1.73 bits per heavy atom. The summed E-state index contributed by atoms with van der Waals surface area (Å²) in [6.45, 7) is 0. The Balaban J connectivity index is 2.61. The summed E-state index contributed by atoms with van der Waals surface area (Å²) in [4.78, 5) is 0.121. The predicted octanol–water partition coefficient (Wildman–Crippen LogP) is 1.13. The minimum absolute atomic E-state index is 0.121. The van der Waals surface area contributed by atoms with Gasteiger partial charge in [0.15, 0.2) is 0 Å². The van der Waals surface area contributed by atoms with Crippen LogP contribution in [0.3, 0.4) is 0 Å². The van der Waals surface area contributed by atoms with Crippen LogP contribution in [0.1, 0.15) is 0 Å². The van der Waals surface area contributed by atoms with E-state index in [2.05, 4.69) is 10.2 Å². The molecule has 15 heavy (non-hydrogen) atoms. The van der Waals surface area contributed by atoms with E-state index in [1.54, 1.807) is 12.1 Å². The maximum atomic E-state index is 11.4. The van der Waals surface area contributed by atoms with Gasteiger partial charge in [-0.05, 0) is 21.0 Å². The van der Waals surface area contributed by atoms with Crippen LogP contribution in [0.15, 0.2) is 47.4 Å². The van der Waals surface area contributed by atoms with Gasteiger partial charge in [-0.15, -0.1) is 0 Å². The Hall–Kier alpha value is -1.27. The normalized spacial score (nSPS) is 15.1. The number of benzene rings is 2. The summed E-state index contributed by atoms with van der Waals surface area (Å²) in [5.41, 5.74) is 0. The zero-order valence-electron chi connectivity index (χ0n) is 7.88. The summed E-state index contributed by atoms with van der Waals surface area (Å²) < 4.78 is 26.9. The lowest BCUT2D eigenvalue weighted by atomic mass is 10.1. The molecule has 5 heteroatoms. The largest absolute Gasteiger partial charge is 0.482 e. The standard InChI is InChI=1S/C10H10NO3S/c11-14-15(12,13)10-6-5-8-3-1-2-4-9(8)7-10/h1-7H,11H3/q+2. The van der Waals surface area contributed by atoms with Gasteiger partial charge in [0.05, 0.1) is 8.84 Å².